The summed E-state index contributed by atoms with van der Waals surface area (Å²) in [6.45, 7) is 2.09. The van der Waals surface area contributed by atoms with Crippen LogP contribution < -0.4 is 4.74 Å². The SMILES string of the molecule is COc1ccc(-c2ccc(-c3ccc(C)cc3)c3nn(-c4ccncc4)nc23)cc1. The molecule has 0 radical (unpaired) electrons. The number of benzene rings is 3. The second-order valence-electron chi connectivity index (χ2n) is 7.15. The quantitative estimate of drug-likeness (QED) is 0.407. The molecule has 0 amide bonds. The van der Waals surface area contributed by atoms with Crippen LogP contribution in [0, 0.1) is 6.92 Å². The van der Waals surface area contributed by atoms with Gasteiger partial charge in [-0.2, -0.15) is 4.80 Å². The van der Waals surface area contributed by atoms with Crippen molar-refractivity contribution < 1.29 is 4.74 Å². The number of hydrogen-bond donors (Lipinski definition) is 0. The first-order valence-corrected chi connectivity index (χ1v) is 9.75. The maximum absolute atomic E-state index is 5.30. The number of methoxy groups -OCH3 is 1. The molecular weight excluding hydrogens is 372 g/mol. The van der Waals surface area contributed by atoms with Crippen molar-refractivity contribution in [1.82, 2.24) is 20.0 Å². The first-order valence-electron chi connectivity index (χ1n) is 9.75. The number of fused-ring (bicyclic) bond motifs is 1. The van der Waals surface area contributed by atoms with Crippen molar-refractivity contribution in [3.8, 4) is 33.7 Å². The van der Waals surface area contributed by atoms with Crippen LogP contribution in [-0.4, -0.2) is 27.1 Å². The van der Waals surface area contributed by atoms with Gasteiger partial charge in [0.1, 0.15) is 16.8 Å². The van der Waals surface area contributed by atoms with Crippen molar-refractivity contribution in [2.45, 2.75) is 6.92 Å². The highest BCUT2D eigenvalue weighted by Gasteiger charge is 2.16. The van der Waals surface area contributed by atoms with E-state index in [1.54, 1.807) is 24.3 Å². The third-order valence-corrected chi connectivity index (χ3v) is 5.20. The molecule has 5 nitrogen and oxygen atoms in total. The van der Waals surface area contributed by atoms with E-state index in [0.29, 0.717) is 0 Å². The fraction of sp³-hybridized carbons (Fsp3) is 0.0800. The molecule has 0 saturated carbocycles. The van der Waals surface area contributed by atoms with Crippen molar-refractivity contribution in [2.24, 2.45) is 0 Å². The Balaban J connectivity index is 1.74. The van der Waals surface area contributed by atoms with Crippen molar-refractivity contribution in [3.05, 3.63) is 90.8 Å². The summed E-state index contributed by atoms with van der Waals surface area (Å²) in [5.41, 5.74) is 8.10. The Hall–Kier alpha value is -3.99. The molecule has 0 aliphatic carbocycles. The van der Waals surface area contributed by atoms with E-state index < -0.39 is 0 Å². The first kappa shape index (κ1) is 18.1. The molecule has 0 unspecified atom stereocenters. The van der Waals surface area contributed by atoms with Gasteiger partial charge < -0.3 is 4.74 Å². The molecule has 5 aromatic rings. The zero-order valence-electron chi connectivity index (χ0n) is 16.8. The van der Waals surface area contributed by atoms with Crippen LogP contribution in [-0.2, 0) is 0 Å². The lowest BCUT2D eigenvalue weighted by Crippen LogP contribution is -1.98. The summed E-state index contributed by atoms with van der Waals surface area (Å²) in [6.07, 6.45) is 3.49. The summed E-state index contributed by atoms with van der Waals surface area (Å²) >= 11 is 0. The molecule has 2 aromatic heterocycles. The number of rotatable bonds is 4. The highest BCUT2D eigenvalue weighted by Crippen LogP contribution is 2.34. The molecule has 30 heavy (non-hydrogen) atoms. The number of hydrogen-bond acceptors (Lipinski definition) is 4. The zero-order chi connectivity index (χ0) is 20.5. The van der Waals surface area contributed by atoms with Gasteiger partial charge in [0.05, 0.1) is 12.8 Å². The van der Waals surface area contributed by atoms with Crippen LogP contribution >= 0.6 is 0 Å². The smallest absolute Gasteiger partial charge is 0.122 e. The van der Waals surface area contributed by atoms with Gasteiger partial charge in [-0.05, 0) is 42.3 Å². The van der Waals surface area contributed by atoms with Gasteiger partial charge >= 0.3 is 0 Å². The molecule has 5 rings (SSSR count). The number of nitrogens with zero attached hydrogens (tertiary/aromatic N) is 4. The lowest BCUT2D eigenvalue weighted by molar-refractivity contribution is 0.415. The molecule has 0 bridgehead atoms. The van der Waals surface area contributed by atoms with Crippen LogP contribution in [0.5, 0.6) is 5.75 Å². The zero-order valence-corrected chi connectivity index (χ0v) is 16.8. The lowest BCUT2D eigenvalue weighted by Gasteiger charge is -2.08. The third-order valence-electron chi connectivity index (χ3n) is 5.20. The molecule has 0 fully saturated rings. The van der Waals surface area contributed by atoms with Crippen LogP contribution in [0.15, 0.2) is 85.2 Å². The lowest BCUT2D eigenvalue weighted by atomic mass is 9.97. The molecule has 0 saturated heterocycles. The second-order valence-corrected chi connectivity index (χ2v) is 7.15. The maximum atomic E-state index is 5.30. The normalized spacial score (nSPS) is 11.0. The van der Waals surface area contributed by atoms with Gasteiger partial charge in [-0.3, -0.25) is 4.98 Å². The van der Waals surface area contributed by atoms with E-state index >= 15 is 0 Å². The van der Waals surface area contributed by atoms with Crippen LogP contribution in [0.25, 0.3) is 39.0 Å². The number of aromatic nitrogens is 4. The molecule has 0 atom stereocenters. The molecule has 146 valence electrons. The second kappa shape index (κ2) is 7.44. The van der Waals surface area contributed by atoms with E-state index in [9.17, 15) is 0 Å². The van der Waals surface area contributed by atoms with E-state index in [-0.39, 0.29) is 0 Å². The Morgan fingerprint density at radius 3 is 1.73 bits per heavy atom. The molecular formula is C25H20N4O. The molecule has 5 heteroatoms. The molecule has 0 spiro atoms. The largest absolute Gasteiger partial charge is 0.497 e. The minimum absolute atomic E-state index is 0.826. The molecule has 2 heterocycles. The Morgan fingerprint density at radius 1 is 0.667 bits per heavy atom. The molecule has 3 aromatic carbocycles. The summed E-state index contributed by atoms with van der Waals surface area (Å²) in [4.78, 5) is 5.78. The number of pyridine rings is 1. The number of aryl methyl sites for hydroxylation is 1. The average Bonchev–Trinajstić information content (AvgIpc) is 3.25. The van der Waals surface area contributed by atoms with Gasteiger partial charge in [-0.25, -0.2) is 0 Å². The number of ether oxygens (including phenoxy) is 1. The molecule has 0 aliphatic rings. The molecule has 0 N–H and O–H groups in total. The topological polar surface area (TPSA) is 52.8 Å². The minimum atomic E-state index is 0.826. The predicted molar refractivity (Wildman–Crippen MR) is 119 cm³/mol. The van der Waals surface area contributed by atoms with E-state index in [1.807, 2.05) is 36.4 Å². The van der Waals surface area contributed by atoms with Gasteiger partial charge in [-0.15, -0.1) is 10.2 Å². The standard InChI is InChI=1S/C25H20N4O/c1-17-3-5-18(6-4-17)22-11-12-23(19-7-9-21(30-2)10-8-19)25-24(22)27-29(28-25)20-13-15-26-16-14-20/h3-16H,1-2H3. The van der Waals surface area contributed by atoms with Crippen molar-refractivity contribution in [1.29, 1.82) is 0 Å². The maximum Gasteiger partial charge on any atom is 0.122 e. The van der Waals surface area contributed by atoms with Crippen LogP contribution in [0.2, 0.25) is 0 Å². The van der Waals surface area contributed by atoms with Gasteiger partial charge in [0.15, 0.2) is 0 Å². The van der Waals surface area contributed by atoms with Crippen molar-refractivity contribution in [3.63, 3.8) is 0 Å². The Bertz CT molecular complexity index is 1310. The van der Waals surface area contributed by atoms with Crippen LogP contribution in [0.1, 0.15) is 5.56 Å². The van der Waals surface area contributed by atoms with Gasteiger partial charge in [0.25, 0.3) is 0 Å². The van der Waals surface area contributed by atoms with Crippen LogP contribution in [0.4, 0.5) is 0 Å². The van der Waals surface area contributed by atoms with E-state index in [2.05, 4.69) is 48.3 Å². The Kier molecular flexibility index (Phi) is 4.48. The van der Waals surface area contributed by atoms with Gasteiger partial charge in [0.2, 0.25) is 0 Å². The highest BCUT2D eigenvalue weighted by molar-refractivity contribution is 6.00. The van der Waals surface area contributed by atoms with Crippen molar-refractivity contribution in [2.75, 3.05) is 7.11 Å². The minimum Gasteiger partial charge on any atom is -0.497 e. The fourth-order valence-corrected chi connectivity index (χ4v) is 3.56. The Morgan fingerprint density at radius 2 is 1.20 bits per heavy atom. The summed E-state index contributed by atoms with van der Waals surface area (Å²) in [7, 11) is 1.67. The highest BCUT2D eigenvalue weighted by atomic mass is 16.5. The molecule has 0 aliphatic heterocycles. The van der Waals surface area contributed by atoms with Gasteiger partial charge in [0, 0.05) is 23.5 Å². The Labute approximate surface area is 174 Å². The summed E-state index contributed by atoms with van der Waals surface area (Å²) in [5.74, 6) is 0.826. The van der Waals surface area contributed by atoms with E-state index in [0.717, 1.165) is 44.7 Å². The van der Waals surface area contributed by atoms with E-state index in [4.69, 9.17) is 14.9 Å². The fourth-order valence-electron chi connectivity index (χ4n) is 3.56. The average molecular weight is 392 g/mol. The van der Waals surface area contributed by atoms with Crippen LogP contribution in [0.3, 0.4) is 0 Å². The summed E-state index contributed by atoms with van der Waals surface area (Å²) in [6, 6.07) is 24.5. The van der Waals surface area contributed by atoms with Crippen molar-refractivity contribution >= 4 is 11.0 Å². The predicted octanol–water partition coefficient (Wildman–Crippen LogP) is 5.47. The first-order chi connectivity index (χ1) is 14.7. The van der Waals surface area contributed by atoms with E-state index in [1.165, 1.54) is 5.56 Å². The summed E-state index contributed by atoms with van der Waals surface area (Å²) < 4.78 is 5.30. The third kappa shape index (κ3) is 3.20. The summed E-state index contributed by atoms with van der Waals surface area (Å²) in [5, 5.41) is 9.71. The monoisotopic (exact) mass is 392 g/mol. The van der Waals surface area contributed by atoms with Gasteiger partial charge in [-0.1, -0.05) is 54.1 Å².